The number of nitrogens with two attached hydrogens (primary N) is 1. The Bertz CT molecular complexity index is 498. The maximum absolute atomic E-state index is 11.9. The Balaban J connectivity index is 2.55. The highest BCUT2D eigenvalue weighted by Crippen LogP contribution is 2.17. The van der Waals surface area contributed by atoms with E-state index in [2.05, 4.69) is 5.32 Å². The lowest BCUT2D eigenvalue weighted by atomic mass is 10.1. The third-order valence-electron chi connectivity index (χ3n) is 3.27. The molecular weight excluding hydrogens is 256 g/mol. The number of benzene rings is 1. The van der Waals surface area contributed by atoms with Crippen LogP contribution >= 0.6 is 0 Å². The summed E-state index contributed by atoms with van der Waals surface area (Å²) >= 11 is 0. The molecule has 0 unspecified atom stereocenters. The van der Waals surface area contributed by atoms with Crippen molar-refractivity contribution in [1.29, 1.82) is 0 Å². The first kappa shape index (κ1) is 16.0. The second kappa shape index (κ2) is 6.93. The van der Waals surface area contributed by atoms with Crippen LogP contribution < -0.4 is 11.1 Å². The fourth-order valence-electron chi connectivity index (χ4n) is 1.53. The smallest absolute Gasteiger partial charge is 0.340 e. The molecule has 1 aromatic rings. The second-order valence-corrected chi connectivity index (χ2v) is 5.21. The van der Waals surface area contributed by atoms with Crippen molar-refractivity contribution in [1.82, 2.24) is 5.32 Å². The molecule has 0 bridgehead atoms. The van der Waals surface area contributed by atoms with Gasteiger partial charge in [-0.05, 0) is 31.4 Å². The minimum atomic E-state index is -0.585. The number of para-hydroxylation sites is 1. The summed E-state index contributed by atoms with van der Waals surface area (Å²) in [5, 5.41) is 2.76. The van der Waals surface area contributed by atoms with Crippen LogP contribution in [0.4, 0.5) is 5.69 Å². The molecule has 0 aliphatic rings. The molecule has 1 atom stereocenters. The van der Waals surface area contributed by atoms with Gasteiger partial charge in [-0.15, -0.1) is 0 Å². The number of amides is 1. The lowest BCUT2D eigenvalue weighted by Crippen LogP contribution is -2.38. The number of nitrogens with one attached hydrogen (secondary N) is 1. The first-order chi connectivity index (χ1) is 9.32. The zero-order chi connectivity index (χ0) is 15.3. The van der Waals surface area contributed by atoms with Gasteiger partial charge in [0.25, 0.3) is 5.91 Å². The first-order valence-corrected chi connectivity index (χ1v) is 6.64. The number of aryl methyl sites for hydroxylation is 1. The van der Waals surface area contributed by atoms with Crippen LogP contribution in [-0.2, 0) is 9.53 Å². The van der Waals surface area contributed by atoms with Gasteiger partial charge in [0.1, 0.15) is 0 Å². The number of anilines is 1. The van der Waals surface area contributed by atoms with Crippen LogP contribution in [0, 0.1) is 12.8 Å². The number of rotatable bonds is 5. The average molecular weight is 278 g/mol. The SMILES string of the molecule is Cc1cccc(C(=O)OCC(=O)N[C@H](C)C(C)C)c1N. The molecule has 5 nitrogen and oxygen atoms in total. The molecule has 1 rings (SSSR count). The Morgan fingerprint density at radius 2 is 1.95 bits per heavy atom. The van der Waals surface area contributed by atoms with Gasteiger partial charge in [0.05, 0.1) is 5.56 Å². The maximum Gasteiger partial charge on any atom is 0.340 e. The Morgan fingerprint density at radius 1 is 1.30 bits per heavy atom. The molecule has 0 saturated carbocycles. The topological polar surface area (TPSA) is 81.4 Å². The number of hydrogen-bond donors (Lipinski definition) is 2. The lowest BCUT2D eigenvalue weighted by molar-refractivity contribution is -0.125. The molecule has 20 heavy (non-hydrogen) atoms. The fourth-order valence-corrected chi connectivity index (χ4v) is 1.53. The van der Waals surface area contributed by atoms with Gasteiger partial charge in [0.2, 0.25) is 0 Å². The van der Waals surface area contributed by atoms with Crippen molar-refractivity contribution in [3.05, 3.63) is 29.3 Å². The van der Waals surface area contributed by atoms with Crippen LogP contribution in [0.2, 0.25) is 0 Å². The zero-order valence-corrected chi connectivity index (χ0v) is 12.4. The fraction of sp³-hybridized carbons (Fsp3) is 0.467. The molecule has 0 spiro atoms. The predicted molar refractivity (Wildman–Crippen MR) is 78.3 cm³/mol. The van der Waals surface area contributed by atoms with Crippen LogP contribution in [-0.4, -0.2) is 24.5 Å². The van der Waals surface area contributed by atoms with Crippen molar-refractivity contribution in [3.8, 4) is 0 Å². The largest absolute Gasteiger partial charge is 0.452 e. The van der Waals surface area contributed by atoms with Gasteiger partial charge in [0, 0.05) is 11.7 Å². The summed E-state index contributed by atoms with van der Waals surface area (Å²) < 4.78 is 4.98. The summed E-state index contributed by atoms with van der Waals surface area (Å²) in [5.41, 5.74) is 7.28. The van der Waals surface area contributed by atoms with E-state index in [1.807, 2.05) is 33.8 Å². The quantitative estimate of drug-likeness (QED) is 0.636. The Labute approximate surface area is 119 Å². The molecule has 0 aromatic heterocycles. The highest BCUT2D eigenvalue weighted by Gasteiger charge is 2.15. The van der Waals surface area contributed by atoms with Gasteiger partial charge in [-0.1, -0.05) is 26.0 Å². The standard InChI is InChI=1S/C15H22N2O3/c1-9(2)11(4)17-13(18)8-20-15(19)12-7-5-6-10(3)14(12)16/h5-7,9,11H,8,16H2,1-4H3,(H,17,18)/t11-/m1/s1. The summed E-state index contributed by atoms with van der Waals surface area (Å²) in [6.45, 7) is 7.42. The monoisotopic (exact) mass is 278 g/mol. The van der Waals surface area contributed by atoms with Gasteiger partial charge < -0.3 is 15.8 Å². The van der Waals surface area contributed by atoms with Crippen molar-refractivity contribution in [2.24, 2.45) is 5.92 Å². The van der Waals surface area contributed by atoms with Gasteiger partial charge in [-0.2, -0.15) is 0 Å². The number of esters is 1. The van der Waals surface area contributed by atoms with Crippen LogP contribution in [0.25, 0.3) is 0 Å². The molecule has 3 N–H and O–H groups in total. The third-order valence-corrected chi connectivity index (χ3v) is 3.27. The minimum absolute atomic E-state index is 0.0326. The summed E-state index contributed by atoms with van der Waals surface area (Å²) in [5.74, 6) is -0.577. The van der Waals surface area contributed by atoms with Crippen LogP contribution in [0.15, 0.2) is 18.2 Å². The molecule has 0 radical (unpaired) electrons. The Morgan fingerprint density at radius 3 is 2.55 bits per heavy atom. The molecule has 0 heterocycles. The third kappa shape index (κ3) is 4.26. The average Bonchev–Trinajstić information content (AvgIpc) is 2.39. The molecule has 0 aliphatic carbocycles. The molecule has 0 aliphatic heterocycles. The van der Waals surface area contributed by atoms with E-state index in [-0.39, 0.29) is 24.1 Å². The number of ether oxygens (including phenoxy) is 1. The highest BCUT2D eigenvalue weighted by atomic mass is 16.5. The molecule has 0 saturated heterocycles. The van der Waals surface area contributed by atoms with Gasteiger partial charge in [0.15, 0.2) is 6.61 Å². The normalized spacial score (nSPS) is 12.1. The van der Waals surface area contributed by atoms with Gasteiger partial charge >= 0.3 is 5.97 Å². The van der Waals surface area contributed by atoms with Crippen molar-refractivity contribution < 1.29 is 14.3 Å². The van der Waals surface area contributed by atoms with Gasteiger partial charge in [-0.3, -0.25) is 4.79 Å². The van der Waals surface area contributed by atoms with E-state index >= 15 is 0 Å². The van der Waals surface area contributed by atoms with E-state index in [1.54, 1.807) is 12.1 Å². The number of nitrogen functional groups attached to an aromatic ring is 1. The van der Waals surface area contributed by atoms with E-state index in [1.165, 1.54) is 0 Å². The van der Waals surface area contributed by atoms with Crippen molar-refractivity contribution in [3.63, 3.8) is 0 Å². The van der Waals surface area contributed by atoms with Gasteiger partial charge in [-0.25, -0.2) is 4.79 Å². The zero-order valence-electron chi connectivity index (χ0n) is 12.4. The van der Waals surface area contributed by atoms with Crippen LogP contribution in [0.5, 0.6) is 0 Å². The molecule has 5 heteroatoms. The molecule has 110 valence electrons. The van der Waals surface area contributed by atoms with E-state index in [0.29, 0.717) is 11.6 Å². The summed E-state index contributed by atoms with van der Waals surface area (Å²) in [6, 6.07) is 5.15. The predicted octanol–water partition coefficient (Wildman–Crippen LogP) is 1.89. The lowest BCUT2D eigenvalue weighted by Gasteiger charge is -2.17. The first-order valence-electron chi connectivity index (χ1n) is 6.64. The summed E-state index contributed by atoms with van der Waals surface area (Å²) in [4.78, 5) is 23.5. The number of carbonyl (C=O) groups is 2. The Kier molecular flexibility index (Phi) is 5.55. The van der Waals surface area contributed by atoms with Crippen molar-refractivity contribution in [2.75, 3.05) is 12.3 Å². The number of hydrogen-bond acceptors (Lipinski definition) is 4. The molecule has 1 aromatic carbocycles. The second-order valence-electron chi connectivity index (χ2n) is 5.21. The highest BCUT2D eigenvalue weighted by molar-refractivity contribution is 5.96. The summed E-state index contributed by atoms with van der Waals surface area (Å²) in [6.07, 6.45) is 0. The maximum atomic E-state index is 11.9. The van der Waals surface area contributed by atoms with Crippen LogP contribution in [0.3, 0.4) is 0 Å². The van der Waals surface area contributed by atoms with Crippen LogP contribution in [0.1, 0.15) is 36.7 Å². The van der Waals surface area contributed by atoms with Crippen molar-refractivity contribution in [2.45, 2.75) is 33.7 Å². The Hall–Kier alpha value is -2.04. The van der Waals surface area contributed by atoms with Crippen molar-refractivity contribution >= 4 is 17.6 Å². The van der Waals surface area contributed by atoms with E-state index in [4.69, 9.17) is 10.5 Å². The van der Waals surface area contributed by atoms with E-state index in [0.717, 1.165) is 5.56 Å². The minimum Gasteiger partial charge on any atom is -0.452 e. The molecule has 1 amide bonds. The molecule has 0 fully saturated rings. The summed E-state index contributed by atoms with van der Waals surface area (Å²) in [7, 11) is 0. The van der Waals surface area contributed by atoms with E-state index in [9.17, 15) is 9.59 Å². The number of carbonyl (C=O) groups excluding carboxylic acids is 2. The molecular formula is C15H22N2O3. The van der Waals surface area contributed by atoms with E-state index < -0.39 is 5.97 Å².